The van der Waals surface area contributed by atoms with E-state index in [4.69, 9.17) is 5.73 Å². The Labute approximate surface area is 120 Å². The molecule has 1 aromatic carbocycles. The molecular formula is C16H22N4. The normalized spacial score (nSPS) is 19.0. The molecule has 2 aromatic rings. The van der Waals surface area contributed by atoms with Gasteiger partial charge >= 0.3 is 0 Å². The molecule has 0 saturated carbocycles. The Morgan fingerprint density at radius 2 is 2.15 bits per heavy atom. The maximum absolute atomic E-state index is 6.03. The number of aryl methyl sites for hydroxylation is 1. The molecule has 0 fully saturated rings. The van der Waals surface area contributed by atoms with E-state index in [1.807, 2.05) is 19.3 Å². The molecule has 0 saturated heterocycles. The van der Waals surface area contributed by atoms with E-state index in [-0.39, 0.29) is 0 Å². The maximum Gasteiger partial charge on any atom is 0.105 e. The van der Waals surface area contributed by atoms with Gasteiger partial charge in [0.25, 0.3) is 0 Å². The van der Waals surface area contributed by atoms with E-state index in [1.54, 1.807) is 0 Å². The molecule has 0 bridgehead atoms. The molecule has 20 heavy (non-hydrogen) atoms. The Kier molecular flexibility index (Phi) is 3.85. The van der Waals surface area contributed by atoms with Gasteiger partial charge in [0.05, 0.1) is 0 Å². The van der Waals surface area contributed by atoms with Gasteiger partial charge in [0.2, 0.25) is 0 Å². The summed E-state index contributed by atoms with van der Waals surface area (Å²) in [6.07, 6.45) is 5.03. The van der Waals surface area contributed by atoms with Crippen LogP contribution in [0.3, 0.4) is 0 Å². The van der Waals surface area contributed by atoms with Crippen LogP contribution in [0.5, 0.6) is 0 Å². The molecule has 0 radical (unpaired) electrons. The predicted octanol–water partition coefficient (Wildman–Crippen LogP) is 1.75. The van der Waals surface area contributed by atoms with Crippen LogP contribution in [0.15, 0.2) is 36.7 Å². The van der Waals surface area contributed by atoms with Gasteiger partial charge in [-0.25, -0.2) is 4.98 Å². The van der Waals surface area contributed by atoms with Crippen molar-refractivity contribution in [3.05, 3.63) is 53.6 Å². The number of hydrogen-bond donors (Lipinski definition) is 1. The van der Waals surface area contributed by atoms with Gasteiger partial charge in [-0.2, -0.15) is 0 Å². The fourth-order valence-corrected chi connectivity index (χ4v) is 3.12. The van der Waals surface area contributed by atoms with Crippen LogP contribution in [-0.2, 0) is 13.0 Å². The van der Waals surface area contributed by atoms with Crippen LogP contribution < -0.4 is 5.73 Å². The molecule has 1 aliphatic rings. The van der Waals surface area contributed by atoms with Crippen molar-refractivity contribution >= 4 is 0 Å². The molecule has 106 valence electrons. The third-order valence-corrected chi connectivity index (χ3v) is 4.30. The van der Waals surface area contributed by atoms with Crippen LogP contribution in [0.1, 0.15) is 23.0 Å². The number of aromatic nitrogens is 2. The quantitative estimate of drug-likeness (QED) is 0.920. The van der Waals surface area contributed by atoms with Gasteiger partial charge in [0.15, 0.2) is 0 Å². The summed E-state index contributed by atoms with van der Waals surface area (Å²) in [5, 5.41) is 0. The second-order valence-electron chi connectivity index (χ2n) is 5.40. The molecule has 3 rings (SSSR count). The highest BCUT2D eigenvalue weighted by atomic mass is 15.2. The molecule has 1 atom stereocenters. The van der Waals surface area contributed by atoms with E-state index in [0.717, 1.165) is 31.9 Å². The molecule has 4 heteroatoms. The number of benzene rings is 1. The average Bonchev–Trinajstić information content (AvgIpc) is 2.89. The minimum Gasteiger partial charge on any atom is -0.334 e. The van der Waals surface area contributed by atoms with Gasteiger partial charge in [-0.1, -0.05) is 24.3 Å². The molecular weight excluding hydrogens is 248 g/mol. The van der Waals surface area contributed by atoms with Crippen molar-refractivity contribution in [1.82, 2.24) is 14.5 Å². The van der Waals surface area contributed by atoms with Gasteiger partial charge in [-0.05, 0) is 24.5 Å². The summed E-state index contributed by atoms with van der Waals surface area (Å²) in [6.45, 7) is 5.82. The van der Waals surface area contributed by atoms with Crippen molar-refractivity contribution in [2.24, 2.45) is 5.73 Å². The average molecular weight is 270 g/mol. The van der Waals surface area contributed by atoms with Crippen molar-refractivity contribution < 1.29 is 0 Å². The summed E-state index contributed by atoms with van der Waals surface area (Å²) in [5.41, 5.74) is 8.89. The molecule has 0 spiro atoms. The lowest BCUT2D eigenvalue weighted by Crippen LogP contribution is -2.41. The van der Waals surface area contributed by atoms with Gasteiger partial charge in [0.1, 0.15) is 5.82 Å². The highest BCUT2D eigenvalue weighted by molar-refractivity contribution is 5.32. The first-order valence-electron chi connectivity index (χ1n) is 7.29. The zero-order valence-corrected chi connectivity index (χ0v) is 12.0. The smallest absolute Gasteiger partial charge is 0.105 e. The largest absolute Gasteiger partial charge is 0.334 e. The van der Waals surface area contributed by atoms with Crippen molar-refractivity contribution in [3.8, 4) is 0 Å². The maximum atomic E-state index is 6.03. The van der Waals surface area contributed by atoms with Crippen molar-refractivity contribution in [2.45, 2.75) is 25.9 Å². The third kappa shape index (κ3) is 2.49. The number of hydrogen-bond acceptors (Lipinski definition) is 3. The van der Waals surface area contributed by atoms with Crippen molar-refractivity contribution in [3.63, 3.8) is 0 Å². The minimum atomic E-state index is 0.351. The molecule has 1 aliphatic heterocycles. The molecule has 0 aliphatic carbocycles. The Hall–Kier alpha value is -1.65. The Bertz CT molecular complexity index is 575. The topological polar surface area (TPSA) is 47.1 Å². The van der Waals surface area contributed by atoms with E-state index in [1.165, 1.54) is 11.1 Å². The minimum absolute atomic E-state index is 0.351. The number of nitrogens with two attached hydrogens (primary N) is 1. The highest BCUT2D eigenvalue weighted by Gasteiger charge is 2.25. The van der Waals surface area contributed by atoms with Crippen LogP contribution in [-0.4, -0.2) is 34.1 Å². The molecule has 1 unspecified atom stereocenters. The van der Waals surface area contributed by atoms with Gasteiger partial charge in [0, 0.05) is 44.6 Å². The number of fused-ring (bicyclic) bond motifs is 1. The van der Waals surface area contributed by atoms with Crippen LogP contribution in [0.4, 0.5) is 0 Å². The first kappa shape index (κ1) is 13.3. The standard InChI is InChI=1S/C16H22N4/c1-13-18-7-9-19(13)10-11-20-8-6-14-4-2-3-5-15(14)16(20)12-17/h2-5,7,9,16H,6,8,10-12,17H2,1H3. The fourth-order valence-electron chi connectivity index (χ4n) is 3.12. The van der Waals surface area contributed by atoms with Gasteiger partial charge in [-0.15, -0.1) is 0 Å². The van der Waals surface area contributed by atoms with Gasteiger partial charge < -0.3 is 10.3 Å². The summed E-state index contributed by atoms with van der Waals surface area (Å²) >= 11 is 0. The Morgan fingerprint density at radius 3 is 2.90 bits per heavy atom. The Morgan fingerprint density at radius 1 is 1.30 bits per heavy atom. The zero-order valence-electron chi connectivity index (χ0n) is 12.0. The first-order valence-corrected chi connectivity index (χ1v) is 7.29. The van der Waals surface area contributed by atoms with Gasteiger partial charge in [-0.3, -0.25) is 4.90 Å². The van der Waals surface area contributed by atoms with Crippen LogP contribution in [0, 0.1) is 6.92 Å². The van der Waals surface area contributed by atoms with Crippen LogP contribution >= 0.6 is 0 Å². The second kappa shape index (κ2) is 5.77. The van der Waals surface area contributed by atoms with Crippen LogP contribution in [0.2, 0.25) is 0 Å². The molecule has 1 aromatic heterocycles. The lowest BCUT2D eigenvalue weighted by Gasteiger charge is -2.36. The van der Waals surface area contributed by atoms with E-state index >= 15 is 0 Å². The highest BCUT2D eigenvalue weighted by Crippen LogP contribution is 2.28. The lowest BCUT2D eigenvalue weighted by atomic mass is 9.92. The summed E-state index contributed by atoms with van der Waals surface area (Å²) < 4.78 is 2.20. The van der Waals surface area contributed by atoms with Crippen molar-refractivity contribution in [2.75, 3.05) is 19.6 Å². The summed E-state index contributed by atoms with van der Waals surface area (Å²) in [4.78, 5) is 6.78. The summed E-state index contributed by atoms with van der Waals surface area (Å²) in [5.74, 6) is 1.08. The molecule has 2 N–H and O–H groups in total. The predicted molar refractivity (Wildman–Crippen MR) is 80.5 cm³/mol. The van der Waals surface area contributed by atoms with Crippen LogP contribution in [0.25, 0.3) is 0 Å². The lowest BCUT2D eigenvalue weighted by molar-refractivity contribution is 0.182. The fraction of sp³-hybridized carbons (Fsp3) is 0.438. The van der Waals surface area contributed by atoms with Crippen molar-refractivity contribution in [1.29, 1.82) is 0 Å². The summed E-state index contributed by atoms with van der Waals surface area (Å²) in [6, 6.07) is 9.04. The number of rotatable bonds is 4. The second-order valence-corrected chi connectivity index (χ2v) is 5.40. The van der Waals surface area contributed by atoms with E-state index in [9.17, 15) is 0 Å². The molecule has 0 amide bonds. The molecule has 4 nitrogen and oxygen atoms in total. The monoisotopic (exact) mass is 270 g/mol. The third-order valence-electron chi connectivity index (χ3n) is 4.30. The van der Waals surface area contributed by atoms with E-state index in [0.29, 0.717) is 12.6 Å². The Balaban J connectivity index is 1.73. The summed E-state index contributed by atoms with van der Waals surface area (Å²) in [7, 11) is 0. The number of imidazole rings is 1. The number of nitrogens with zero attached hydrogens (tertiary/aromatic N) is 3. The SMILES string of the molecule is Cc1nccn1CCN1CCc2ccccc2C1CN. The van der Waals surface area contributed by atoms with E-state index in [2.05, 4.69) is 38.7 Å². The zero-order chi connectivity index (χ0) is 13.9. The molecule has 2 heterocycles. The first-order chi connectivity index (χ1) is 9.79. The van der Waals surface area contributed by atoms with E-state index < -0.39 is 0 Å².